The minimum atomic E-state index is 0.461. The van der Waals surface area contributed by atoms with Gasteiger partial charge in [-0.25, -0.2) is 0 Å². The van der Waals surface area contributed by atoms with Crippen LogP contribution in [0.2, 0.25) is 0 Å². The highest BCUT2D eigenvalue weighted by Crippen LogP contribution is 2.41. The van der Waals surface area contributed by atoms with Crippen LogP contribution in [0.5, 0.6) is 0 Å². The standard InChI is InChI=1S/C15H31NO/c1-6-16-14-8-7-13(15(2,3)4)11-12(14)9-10-17-5/h12-14,16H,6-11H2,1-5H3. The van der Waals surface area contributed by atoms with Gasteiger partial charge in [-0.05, 0) is 49.5 Å². The molecule has 0 aromatic carbocycles. The molecule has 1 aliphatic carbocycles. The molecule has 17 heavy (non-hydrogen) atoms. The van der Waals surface area contributed by atoms with Gasteiger partial charge in [0.05, 0.1) is 0 Å². The molecule has 3 unspecified atom stereocenters. The second-order valence-corrected chi connectivity index (χ2v) is 6.58. The van der Waals surface area contributed by atoms with Crippen LogP contribution in [0.1, 0.15) is 53.4 Å². The van der Waals surface area contributed by atoms with Gasteiger partial charge in [0.1, 0.15) is 0 Å². The summed E-state index contributed by atoms with van der Waals surface area (Å²) in [5.41, 5.74) is 0.461. The normalized spacial score (nSPS) is 30.5. The summed E-state index contributed by atoms with van der Waals surface area (Å²) < 4.78 is 5.26. The minimum absolute atomic E-state index is 0.461. The molecule has 2 nitrogen and oxygen atoms in total. The molecule has 3 atom stereocenters. The molecule has 0 aromatic heterocycles. The van der Waals surface area contributed by atoms with Gasteiger partial charge in [-0.2, -0.15) is 0 Å². The average Bonchev–Trinajstić information content (AvgIpc) is 2.26. The van der Waals surface area contributed by atoms with E-state index in [0.29, 0.717) is 11.5 Å². The van der Waals surface area contributed by atoms with E-state index in [1.54, 1.807) is 0 Å². The molecule has 2 heteroatoms. The summed E-state index contributed by atoms with van der Waals surface area (Å²) in [5, 5.41) is 3.66. The lowest BCUT2D eigenvalue weighted by molar-refractivity contribution is 0.0882. The highest BCUT2D eigenvalue weighted by molar-refractivity contribution is 4.88. The van der Waals surface area contributed by atoms with Gasteiger partial charge in [0.2, 0.25) is 0 Å². The van der Waals surface area contributed by atoms with E-state index in [4.69, 9.17) is 4.74 Å². The molecule has 0 aromatic rings. The molecule has 0 bridgehead atoms. The maximum absolute atomic E-state index is 5.26. The third kappa shape index (κ3) is 4.59. The van der Waals surface area contributed by atoms with E-state index in [9.17, 15) is 0 Å². The zero-order valence-corrected chi connectivity index (χ0v) is 12.4. The summed E-state index contributed by atoms with van der Waals surface area (Å²) in [6.45, 7) is 11.4. The highest BCUT2D eigenvalue weighted by Gasteiger charge is 2.35. The van der Waals surface area contributed by atoms with E-state index in [1.807, 2.05) is 7.11 Å². The molecule has 1 fully saturated rings. The first-order chi connectivity index (χ1) is 7.99. The Kier molecular flexibility index (Phi) is 5.94. The lowest BCUT2D eigenvalue weighted by atomic mass is 9.67. The lowest BCUT2D eigenvalue weighted by Crippen LogP contribution is -2.43. The van der Waals surface area contributed by atoms with E-state index in [-0.39, 0.29) is 0 Å². The zero-order chi connectivity index (χ0) is 12.9. The summed E-state index contributed by atoms with van der Waals surface area (Å²) in [7, 11) is 1.81. The molecule has 0 heterocycles. The molecule has 0 amide bonds. The number of rotatable bonds is 5. The maximum Gasteiger partial charge on any atom is 0.0465 e. The van der Waals surface area contributed by atoms with Crippen molar-refractivity contribution in [3.8, 4) is 0 Å². The lowest BCUT2D eigenvalue weighted by Gasteiger charge is -2.42. The first kappa shape index (κ1) is 15.0. The molecule has 102 valence electrons. The fraction of sp³-hybridized carbons (Fsp3) is 1.00. The van der Waals surface area contributed by atoms with Crippen molar-refractivity contribution < 1.29 is 4.74 Å². The van der Waals surface area contributed by atoms with Crippen molar-refractivity contribution in [2.75, 3.05) is 20.3 Å². The number of hydrogen-bond donors (Lipinski definition) is 1. The Labute approximate surface area is 108 Å². The van der Waals surface area contributed by atoms with Crippen LogP contribution in [0.3, 0.4) is 0 Å². The summed E-state index contributed by atoms with van der Waals surface area (Å²) in [6.07, 6.45) is 5.29. The molecule has 1 aliphatic rings. The Morgan fingerprint density at radius 3 is 2.47 bits per heavy atom. The van der Waals surface area contributed by atoms with Gasteiger partial charge in [-0.3, -0.25) is 0 Å². The van der Waals surface area contributed by atoms with E-state index in [2.05, 4.69) is 33.0 Å². The summed E-state index contributed by atoms with van der Waals surface area (Å²) >= 11 is 0. The molecule has 0 radical (unpaired) electrons. The predicted octanol–water partition coefficient (Wildman–Crippen LogP) is 3.46. The van der Waals surface area contributed by atoms with Crippen molar-refractivity contribution >= 4 is 0 Å². The first-order valence-electron chi connectivity index (χ1n) is 7.21. The smallest absolute Gasteiger partial charge is 0.0465 e. The van der Waals surface area contributed by atoms with Crippen molar-refractivity contribution in [2.24, 2.45) is 17.3 Å². The molecular weight excluding hydrogens is 210 g/mol. The molecule has 1 N–H and O–H groups in total. The minimum Gasteiger partial charge on any atom is -0.385 e. The fourth-order valence-electron chi connectivity index (χ4n) is 3.17. The van der Waals surface area contributed by atoms with Gasteiger partial charge in [0, 0.05) is 19.8 Å². The molecule has 0 saturated heterocycles. The van der Waals surface area contributed by atoms with Crippen LogP contribution in [0, 0.1) is 17.3 Å². The van der Waals surface area contributed by atoms with Gasteiger partial charge in [-0.1, -0.05) is 27.7 Å². The third-order valence-electron chi connectivity index (χ3n) is 4.37. The van der Waals surface area contributed by atoms with Crippen molar-refractivity contribution in [1.82, 2.24) is 5.32 Å². The van der Waals surface area contributed by atoms with Crippen LogP contribution >= 0.6 is 0 Å². The van der Waals surface area contributed by atoms with Crippen LogP contribution < -0.4 is 5.32 Å². The Morgan fingerprint density at radius 1 is 1.24 bits per heavy atom. The summed E-state index contributed by atoms with van der Waals surface area (Å²) in [6, 6.07) is 0.716. The van der Waals surface area contributed by atoms with Crippen molar-refractivity contribution in [3.63, 3.8) is 0 Å². The average molecular weight is 241 g/mol. The van der Waals surface area contributed by atoms with E-state index in [1.165, 1.54) is 25.7 Å². The largest absolute Gasteiger partial charge is 0.385 e. The van der Waals surface area contributed by atoms with Gasteiger partial charge < -0.3 is 10.1 Å². The monoisotopic (exact) mass is 241 g/mol. The maximum atomic E-state index is 5.26. The van der Waals surface area contributed by atoms with Gasteiger partial charge in [0.25, 0.3) is 0 Å². The van der Waals surface area contributed by atoms with Crippen LogP contribution in [0.15, 0.2) is 0 Å². The van der Waals surface area contributed by atoms with E-state index >= 15 is 0 Å². The molecule has 0 spiro atoms. The third-order valence-corrected chi connectivity index (χ3v) is 4.37. The second kappa shape index (κ2) is 6.75. The second-order valence-electron chi connectivity index (χ2n) is 6.58. The quantitative estimate of drug-likeness (QED) is 0.796. The number of nitrogens with one attached hydrogen (secondary N) is 1. The number of ether oxygens (including phenoxy) is 1. The SMILES string of the molecule is CCNC1CCC(C(C)(C)C)CC1CCOC. The van der Waals surface area contributed by atoms with Gasteiger partial charge >= 0.3 is 0 Å². The van der Waals surface area contributed by atoms with Crippen molar-refractivity contribution in [1.29, 1.82) is 0 Å². The van der Waals surface area contributed by atoms with Crippen LogP contribution in [-0.4, -0.2) is 26.3 Å². The van der Waals surface area contributed by atoms with Gasteiger partial charge in [-0.15, -0.1) is 0 Å². The summed E-state index contributed by atoms with van der Waals surface area (Å²) in [5.74, 6) is 1.67. The molecule has 1 saturated carbocycles. The zero-order valence-electron chi connectivity index (χ0n) is 12.4. The number of hydrogen-bond acceptors (Lipinski definition) is 2. The van der Waals surface area contributed by atoms with Gasteiger partial charge in [0.15, 0.2) is 0 Å². The van der Waals surface area contributed by atoms with Crippen LogP contribution in [0.25, 0.3) is 0 Å². The van der Waals surface area contributed by atoms with Crippen molar-refractivity contribution in [2.45, 2.75) is 59.4 Å². The molecule has 1 rings (SSSR count). The highest BCUT2D eigenvalue weighted by atomic mass is 16.5. The van der Waals surface area contributed by atoms with E-state index in [0.717, 1.165) is 25.0 Å². The number of methoxy groups -OCH3 is 1. The Bertz CT molecular complexity index is 209. The fourth-order valence-corrected chi connectivity index (χ4v) is 3.17. The summed E-state index contributed by atoms with van der Waals surface area (Å²) in [4.78, 5) is 0. The Morgan fingerprint density at radius 2 is 1.94 bits per heavy atom. The van der Waals surface area contributed by atoms with Crippen LogP contribution in [0.4, 0.5) is 0 Å². The van der Waals surface area contributed by atoms with Crippen LogP contribution in [-0.2, 0) is 4.74 Å². The van der Waals surface area contributed by atoms with E-state index < -0.39 is 0 Å². The van der Waals surface area contributed by atoms with Crippen molar-refractivity contribution in [3.05, 3.63) is 0 Å². The molecule has 0 aliphatic heterocycles. The molecular formula is C15H31NO. The Hall–Kier alpha value is -0.0800. The topological polar surface area (TPSA) is 21.3 Å². The predicted molar refractivity (Wildman–Crippen MR) is 74.2 cm³/mol. The Balaban J connectivity index is 2.56. The first-order valence-corrected chi connectivity index (χ1v) is 7.21.